The minimum atomic E-state index is 0.0132. The van der Waals surface area contributed by atoms with Crippen molar-refractivity contribution in [1.29, 1.82) is 0 Å². The number of benzene rings is 1. The summed E-state index contributed by atoms with van der Waals surface area (Å²) >= 11 is 3.55. The molecule has 0 amide bonds. The number of methoxy groups -OCH3 is 1. The van der Waals surface area contributed by atoms with Gasteiger partial charge in [-0.2, -0.15) is 0 Å². The van der Waals surface area contributed by atoms with Crippen LogP contribution in [-0.4, -0.2) is 25.4 Å². The zero-order valence-corrected chi connectivity index (χ0v) is 12.0. The molecule has 2 rings (SSSR count). The molecule has 0 aromatic heterocycles. The number of hydrogen-bond acceptors (Lipinski definition) is 3. The standard InChI is InChI=1S/C13H18BrNO2/c1-7-4-9(5-8(2)12(7)14)17-11-6-10(15)13(11)16-3/h4-5,10-11,13H,6,15H2,1-3H3. The molecule has 1 aliphatic carbocycles. The third-order valence-electron chi connectivity index (χ3n) is 3.26. The van der Waals surface area contributed by atoms with E-state index in [4.69, 9.17) is 15.2 Å². The van der Waals surface area contributed by atoms with Crippen LogP contribution in [0.2, 0.25) is 0 Å². The lowest BCUT2D eigenvalue weighted by Crippen LogP contribution is -2.59. The molecule has 3 nitrogen and oxygen atoms in total. The Kier molecular flexibility index (Phi) is 3.76. The van der Waals surface area contributed by atoms with Crippen LogP contribution in [0, 0.1) is 13.8 Å². The Bertz CT molecular complexity index is 399. The maximum absolute atomic E-state index is 5.92. The highest BCUT2D eigenvalue weighted by Gasteiger charge is 2.40. The van der Waals surface area contributed by atoms with Crippen LogP contribution in [0.5, 0.6) is 5.75 Å². The third kappa shape index (κ3) is 2.49. The summed E-state index contributed by atoms with van der Waals surface area (Å²) < 4.78 is 12.4. The highest BCUT2D eigenvalue weighted by Crippen LogP contribution is 2.31. The Labute approximate surface area is 110 Å². The molecule has 1 aromatic carbocycles. The summed E-state index contributed by atoms with van der Waals surface area (Å²) in [6, 6.07) is 4.17. The molecular formula is C13H18BrNO2. The number of ether oxygens (including phenoxy) is 2. The first kappa shape index (κ1) is 12.9. The van der Waals surface area contributed by atoms with Gasteiger partial charge in [-0.25, -0.2) is 0 Å². The molecule has 1 aliphatic rings. The number of nitrogens with two attached hydrogens (primary N) is 1. The molecule has 0 bridgehead atoms. The van der Waals surface area contributed by atoms with E-state index in [1.54, 1.807) is 7.11 Å². The van der Waals surface area contributed by atoms with Crippen molar-refractivity contribution in [2.45, 2.75) is 38.5 Å². The van der Waals surface area contributed by atoms with Gasteiger partial charge in [-0.15, -0.1) is 0 Å². The minimum absolute atomic E-state index is 0.0132. The van der Waals surface area contributed by atoms with E-state index in [0.29, 0.717) is 0 Å². The number of aryl methyl sites for hydroxylation is 2. The van der Waals surface area contributed by atoms with Crippen LogP contribution in [0.25, 0.3) is 0 Å². The van der Waals surface area contributed by atoms with Crippen LogP contribution in [-0.2, 0) is 4.74 Å². The predicted octanol–water partition coefficient (Wildman–Crippen LogP) is 2.56. The quantitative estimate of drug-likeness (QED) is 0.933. The predicted molar refractivity (Wildman–Crippen MR) is 71.4 cm³/mol. The SMILES string of the molecule is COC1C(N)CC1Oc1cc(C)c(Br)c(C)c1. The summed E-state index contributed by atoms with van der Waals surface area (Å²) in [5.74, 6) is 0.891. The van der Waals surface area contributed by atoms with Gasteiger partial charge in [-0.3, -0.25) is 0 Å². The summed E-state index contributed by atoms with van der Waals surface area (Å²) in [4.78, 5) is 0. The second-order valence-corrected chi connectivity index (χ2v) is 5.42. The molecule has 17 heavy (non-hydrogen) atoms. The Morgan fingerprint density at radius 2 is 1.88 bits per heavy atom. The van der Waals surface area contributed by atoms with Gasteiger partial charge in [0.1, 0.15) is 18.0 Å². The van der Waals surface area contributed by atoms with Gasteiger partial charge in [0.2, 0.25) is 0 Å². The monoisotopic (exact) mass is 299 g/mol. The fourth-order valence-corrected chi connectivity index (χ4v) is 2.44. The summed E-state index contributed by atoms with van der Waals surface area (Å²) in [6.45, 7) is 4.12. The zero-order chi connectivity index (χ0) is 12.6. The maximum atomic E-state index is 5.92. The molecule has 94 valence electrons. The number of hydrogen-bond donors (Lipinski definition) is 1. The van der Waals surface area contributed by atoms with Crippen molar-refractivity contribution in [2.24, 2.45) is 5.73 Å². The van der Waals surface area contributed by atoms with Gasteiger partial charge < -0.3 is 15.2 Å². The average Bonchev–Trinajstić information content (AvgIpc) is 2.25. The van der Waals surface area contributed by atoms with Gasteiger partial charge >= 0.3 is 0 Å². The molecule has 1 saturated carbocycles. The van der Waals surface area contributed by atoms with Gasteiger partial charge in [0.05, 0.1) is 0 Å². The first-order chi connectivity index (χ1) is 8.02. The van der Waals surface area contributed by atoms with Crippen LogP contribution >= 0.6 is 15.9 Å². The molecule has 0 heterocycles. The fourth-order valence-electron chi connectivity index (χ4n) is 2.21. The lowest BCUT2D eigenvalue weighted by Gasteiger charge is -2.41. The number of rotatable bonds is 3. The van der Waals surface area contributed by atoms with Crippen LogP contribution in [0.15, 0.2) is 16.6 Å². The minimum Gasteiger partial charge on any atom is -0.488 e. The molecule has 3 unspecified atom stereocenters. The third-order valence-corrected chi connectivity index (χ3v) is 4.51. The van der Waals surface area contributed by atoms with Crippen molar-refractivity contribution >= 4 is 15.9 Å². The summed E-state index contributed by atoms with van der Waals surface area (Å²) in [6.07, 6.45) is 0.946. The van der Waals surface area contributed by atoms with Gasteiger partial charge in [-0.1, -0.05) is 15.9 Å². The van der Waals surface area contributed by atoms with E-state index in [-0.39, 0.29) is 18.2 Å². The first-order valence-corrected chi connectivity index (χ1v) is 6.54. The molecular weight excluding hydrogens is 282 g/mol. The summed E-state index contributed by atoms with van der Waals surface area (Å²) in [5.41, 5.74) is 8.21. The molecule has 1 aromatic rings. The molecule has 0 aliphatic heterocycles. The van der Waals surface area contributed by atoms with Crippen LogP contribution in [0.3, 0.4) is 0 Å². The van der Waals surface area contributed by atoms with Crippen molar-refractivity contribution in [3.63, 3.8) is 0 Å². The van der Waals surface area contributed by atoms with Gasteiger partial charge in [-0.05, 0) is 37.1 Å². The van der Waals surface area contributed by atoms with E-state index < -0.39 is 0 Å². The Morgan fingerprint density at radius 3 is 2.35 bits per heavy atom. The van der Waals surface area contributed by atoms with E-state index in [9.17, 15) is 0 Å². The highest BCUT2D eigenvalue weighted by molar-refractivity contribution is 9.10. The smallest absolute Gasteiger partial charge is 0.128 e. The lowest BCUT2D eigenvalue weighted by molar-refractivity contribution is -0.0782. The molecule has 4 heteroatoms. The van der Waals surface area contributed by atoms with Crippen LogP contribution in [0.1, 0.15) is 17.5 Å². The topological polar surface area (TPSA) is 44.5 Å². The zero-order valence-electron chi connectivity index (χ0n) is 10.4. The Balaban J connectivity index is 2.10. The van der Waals surface area contributed by atoms with Crippen molar-refractivity contribution in [2.75, 3.05) is 7.11 Å². The lowest BCUT2D eigenvalue weighted by atomic mass is 9.86. The molecule has 0 spiro atoms. The van der Waals surface area contributed by atoms with E-state index in [1.165, 1.54) is 11.1 Å². The Hall–Kier alpha value is -0.580. The first-order valence-electron chi connectivity index (χ1n) is 5.74. The van der Waals surface area contributed by atoms with Crippen LogP contribution in [0.4, 0.5) is 0 Å². The van der Waals surface area contributed by atoms with E-state index in [2.05, 4.69) is 29.8 Å². The highest BCUT2D eigenvalue weighted by atomic mass is 79.9. The van der Waals surface area contributed by atoms with E-state index >= 15 is 0 Å². The molecule has 0 saturated heterocycles. The second-order valence-electron chi connectivity index (χ2n) is 4.63. The summed E-state index contributed by atoms with van der Waals surface area (Å²) in [5, 5.41) is 0. The normalized spacial score (nSPS) is 27.7. The molecule has 2 N–H and O–H groups in total. The largest absolute Gasteiger partial charge is 0.488 e. The van der Waals surface area contributed by atoms with E-state index in [0.717, 1.165) is 16.6 Å². The maximum Gasteiger partial charge on any atom is 0.128 e. The molecule has 1 fully saturated rings. The van der Waals surface area contributed by atoms with Gasteiger partial charge in [0.25, 0.3) is 0 Å². The second kappa shape index (κ2) is 4.96. The van der Waals surface area contributed by atoms with Crippen molar-refractivity contribution in [3.8, 4) is 5.75 Å². The Morgan fingerprint density at radius 1 is 1.29 bits per heavy atom. The summed E-state index contributed by atoms with van der Waals surface area (Å²) in [7, 11) is 1.68. The van der Waals surface area contributed by atoms with E-state index in [1.807, 2.05) is 12.1 Å². The number of halogens is 1. The van der Waals surface area contributed by atoms with Crippen molar-refractivity contribution < 1.29 is 9.47 Å². The van der Waals surface area contributed by atoms with Crippen LogP contribution < -0.4 is 10.5 Å². The van der Waals surface area contributed by atoms with Crippen molar-refractivity contribution in [1.82, 2.24) is 0 Å². The van der Waals surface area contributed by atoms with Gasteiger partial charge in [0, 0.05) is 24.0 Å². The molecule has 0 radical (unpaired) electrons. The average molecular weight is 300 g/mol. The fraction of sp³-hybridized carbons (Fsp3) is 0.538. The van der Waals surface area contributed by atoms with Crippen molar-refractivity contribution in [3.05, 3.63) is 27.7 Å². The van der Waals surface area contributed by atoms with Gasteiger partial charge in [0.15, 0.2) is 0 Å². The molecule has 3 atom stereocenters.